The third kappa shape index (κ3) is 6.42. The van der Waals surface area contributed by atoms with E-state index < -0.39 is 5.97 Å². The molecule has 3 rings (SSSR count). The van der Waals surface area contributed by atoms with Crippen molar-refractivity contribution < 1.29 is 14.3 Å². The van der Waals surface area contributed by atoms with Crippen LogP contribution in [-0.4, -0.2) is 23.3 Å². The maximum absolute atomic E-state index is 12.6. The molecule has 160 valence electrons. The van der Waals surface area contributed by atoms with Crippen LogP contribution in [0, 0.1) is 0 Å². The molecule has 1 heterocycles. The number of aromatic nitrogens is 1. The molecule has 0 fully saturated rings. The van der Waals surface area contributed by atoms with Gasteiger partial charge in [0.15, 0.2) is 18.1 Å². The van der Waals surface area contributed by atoms with Crippen LogP contribution in [0.15, 0.2) is 71.6 Å². The Morgan fingerprint density at radius 1 is 0.968 bits per heavy atom. The number of ketones is 1. The normalized spacial score (nSPS) is 11.2. The lowest BCUT2D eigenvalue weighted by atomic mass is 9.87. The summed E-state index contributed by atoms with van der Waals surface area (Å²) in [6, 6.07) is 20.5. The first-order chi connectivity index (χ1) is 14.7. The van der Waals surface area contributed by atoms with Crippen molar-refractivity contribution in [2.24, 2.45) is 0 Å². The smallest absolute Gasteiger partial charge is 0.358 e. The molecule has 0 spiro atoms. The molecule has 0 amide bonds. The summed E-state index contributed by atoms with van der Waals surface area (Å²) >= 11 is 7.48. The van der Waals surface area contributed by atoms with Gasteiger partial charge in [0.1, 0.15) is 5.15 Å². The number of benzene rings is 2. The van der Waals surface area contributed by atoms with E-state index in [1.54, 1.807) is 36.4 Å². The van der Waals surface area contributed by atoms with Gasteiger partial charge in [0.25, 0.3) is 0 Å². The van der Waals surface area contributed by atoms with E-state index in [2.05, 4.69) is 50.0 Å². The van der Waals surface area contributed by atoms with Crippen LogP contribution in [0.5, 0.6) is 0 Å². The van der Waals surface area contributed by atoms with Crippen LogP contribution in [0.25, 0.3) is 0 Å². The van der Waals surface area contributed by atoms with Crippen LogP contribution in [0.3, 0.4) is 0 Å². The third-order valence-corrected chi connectivity index (χ3v) is 5.99. The summed E-state index contributed by atoms with van der Waals surface area (Å²) in [6.07, 6.45) is 0. The van der Waals surface area contributed by atoms with Gasteiger partial charge in [-0.3, -0.25) is 4.79 Å². The number of halogens is 1. The monoisotopic (exact) mass is 453 g/mol. The molecule has 0 atom stereocenters. The Morgan fingerprint density at radius 2 is 1.65 bits per heavy atom. The molecule has 0 aliphatic rings. The highest BCUT2D eigenvalue weighted by atomic mass is 35.5. The van der Waals surface area contributed by atoms with E-state index >= 15 is 0 Å². The molecule has 0 N–H and O–H groups in total. The molecule has 3 aromatic rings. The van der Waals surface area contributed by atoms with Crippen molar-refractivity contribution in [2.75, 3.05) is 6.61 Å². The summed E-state index contributed by atoms with van der Waals surface area (Å²) in [5.41, 5.74) is 3.10. The number of carbonyl (C=O) groups excluding carboxylic acids is 2. The summed E-state index contributed by atoms with van der Waals surface area (Å²) < 4.78 is 5.22. The zero-order chi connectivity index (χ0) is 22.4. The first-order valence-electron chi connectivity index (χ1n) is 9.88. The van der Waals surface area contributed by atoms with Gasteiger partial charge in [-0.2, -0.15) is 0 Å². The van der Waals surface area contributed by atoms with Crippen molar-refractivity contribution in [3.8, 4) is 0 Å². The molecule has 0 unspecified atom stereocenters. The molecule has 0 saturated carbocycles. The van der Waals surface area contributed by atoms with Gasteiger partial charge in [-0.1, -0.05) is 87.0 Å². The highest BCUT2D eigenvalue weighted by Gasteiger charge is 2.19. The number of carbonyl (C=O) groups is 2. The van der Waals surface area contributed by atoms with E-state index in [9.17, 15) is 9.59 Å². The molecule has 31 heavy (non-hydrogen) atoms. The van der Waals surface area contributed by atoms with Crippen LogP contribution in [0.2, 0.25) is 5.15 Å². The lowest BCUT2D eigenvalue weighted by molar-refractivity contribution is 0.0465. The lowest BCUT2D eigenvalue weighted by Crippen LogP contribution is -2.16. The third-order valence-electron chi connectivity index (χ3n) is 4.66. The Hall–Kier alpha value is -2.63. The van der Waals surface area contributed by atoms with Gasteiger partial charge in [-0.25, -0.2) is 9.78 Å². The topological polar surface area (TPSA) is 56.3 Å². The summed E-state index contributed by atoms with van der Waals surface area (Å²) in [5, 5.41) is 0.195. The van der Waals surface area contributed by atoms with E-state index in [0.29, 0.717) is 16.2 Å². The van der Waals surface area contributed by atoms with E-state index in [0.717, 1.165) is 5.56 Å². The predicted molar refractivity (Wildman–Crippen MR) is 125 cm³/mol. The van der Waals surface area contributed by atoms with Crippen LogP contribution in [0.1, 0.15) is 52.7 Å². The van der Waals surface area contributed by atoms with Gasteiger partial charge < -0.3 is 4.74 Å². The number of Topliss-reactive ketones (excluding diaryl/α,β-unsaturated/α-hetero) is 1. The average molecular weight is 454 g/mol. The Morgan fingerprint density at radius 3 is 2.29 bits per heavy atom. The highest BCUT2D eigenvalue weighted by molar-refractivity contribution is 7.98. The summed E-state index contributed by atoms with van der Waals surface area (Å²) in [7, 11) is 0. The Balaban J connectivity index is 1.67. The lowest BCUT2D eigenvalue weighted by Gasteiger charge is -2.19. The van der Waals surface area contributed by atoms with Gasteiger partial charge in [-0.15, -0.1) is 11.8 Å². The van der Waals surface area contributed by atoms with E-state index in [4.69, 9.17) is 16.3 Å². The fourth-order valence-corrected chi connectivity index (χ4v) is 3.95. The minimum absolute atomic E-state index is 0.0971. The minimum Gasteiger partial charge on any atom is -0.453 e. The van der Waals surface area contributed by atoms with Crippen LogP contribution in [0.4, 0.5) is 0 Å². The van der Waals surface area contributed by atoms with Crippen LogP contribution in [-0.2, 0) is 15.9 Å². The second-order valence-corrected chi connectivity index (χ2v) is 9.49. The Bertz CT molecular complexity index is 1060. The van der Waals surface area contributed by atoms with E-state index in [1.165, 1.54) is 17.3 Å². The fraction of sp³-hybridized carbons (Fsp3) is 0.240. The number of esters is 1. The summed E-state index contributed by atoms with van der Waals surface area (Å²) in [4.78, 5) is 29.6. The SMILES string of the molecule is CC(C)(C)c1ccc(CSc2ccc(Cl)nc2C(=O)OCC(=O)c2ccccc2)cc1. The van der Waals surface area contributed by atoms with Crippen molar-refractivity contribution in [3.05, 3.63) is 94.3 Å². The van der Waals surface area contributed by atoms with Crippen molar-refractivity contribution in [1.82, 2.24) is 4.98 Å². The zero-order valence-corrected chi connectivity index (χ0v) is 19.3. The first-order valence-corrected chi connectivity index (χ1v) is 11.2. The largest absolute Gasteiger partial charge is 0.453 e. The maximum atomic E-state index is 12.6. The Kier molecular flexibility index (Phi) is 7.52. The number of hydrogen-bond donors (Lipinski definition) is 0. The standard InChI is InChI=1S/C25H24ClNO3S/c1-25(2,3)19-11-9-17(10-12-19)16-31-21-13-14-22(26)27-23(21)24(29)30-15-20(28)18-7-5-4-6-8-18/h4-14H,15-16H2,1-3H3. The number of pyridine rings is 1. The average Bonchev–Trinajstić information content (AvgIpc) is 2.76. The molecule has 0 aliphatic heterocycles. The van der Waals surface area contributed by atoms with Gasteiger partial charge in [0.05, 0.1) is 0 Å². The number of thioether (sulfide) groups is 1. The van der Waals surface area contributed by atoms with E-state index in [1.807, 2.05) is 6.07 Å². The molecule has 1 aromatic heterocycles. The van der Waals surface area contributed by atoms with Crippen LogP contribution < -0.4 is 0 Å². The molecule has 6 heteroatoms. The molecule has 4 nitrogen and oxygen atoms in total. The van der Waals surface area contributed by atoms with Crippen LogP contribution >= 0.6 is 23.4 Å². The number of ether oxygens (including phenoxy) is 1. The molecule has 0 radical (unpaired) electrons. The second kappa shape index (κ2) is 10.1. The molecule has 0 bridgehead atoms. The minimum atomic E-state index is -0.669. The predicted octanol–water partition coefficient (Wildman–Crippen LogP) is 6.36. The molecular weight excluding hydrogens is 430 g/mol. The second-order valence-electron chi connectivity index (χ2n) is 8.08. The highest BCUT2D eigenvalue weighted by Crippen LogP contribution is 2.29. The zero-order valence-electron chi connectivity index (χ0n) is 17.7. The summed E-state index contributed by atoms with van der Waals surface area (Å²) in [6.45, 7) is 6.18. The van der Waals surface area contributed by atoms with Crippen molar-refractivity contribution >= 4 is 35.1 Å². The van der Waals surface area contributed by atoms with Crippen molar-refractivity contribution in [1.29, 1.82) is 0 Å². The number of rotatable bonds is 7. The molecule has 0 aliphatic carbocycles. The van der Waals surface area contributed by atoms with Gasteiger partial charge in [-0.05, 0) is 28.7 Å². The maximum Gasteiger partial charge on any atom is 0.358 e. The van der Waals surface area contributed by atoms with E-state index in [-0.39, 0.29) is 28.7 Å². The molecule has 2 aromatic carbocycles. The fourth-order valence-electron chi connectivity index (χ4n) is 2.85. The molecule has 0 saturated heterocycles. The first kappa shape index (κ1) is 23.0. The quantitative estimate of drug-likeness (QED) is 0.180. The van der Waals surface area contributed by atoms with Gasteiger partial charge in [0, 0.05) is 16.2 Å². The Labute approximate surface area is 192 Å². The number of hydrogen-bond acceptors (Lipinski definition) is 5. The summed E-state index contributed by atoms with van der Waals surface area (Å²) in [5.74, 6) is -0.279. The molecular formula is C25H24ClNO3S. The van der Waals surface area contributed by atoms with Crippen molar-refractivity contribution in [2.45, 2.75) is 36.8 Å². The van der Waals surface area contributed by atoms with Gasteiger partial charge >= 0.3 is 5.97 Å². The van der Waals surface area contributed by atoms with Gasteiger partial charge in [0.2, 0.25) is 0 Å². The number of nitrogens with zero attached hydrogens (tertiary/aromatic N) is 1. The van der Waals surface area contributed by atoms with Crippen molar-refractivity contribution in [3.63, 3.8) is 0 Å².